The topological polar surface area (TPSA) is 58.9 Å². The molecule has 1 fully saturated rings. The second kappa shape index (κ2) is 6.78. The SMILES string of the molecule is c1cnc2ccc(CN3CCn4c(nnc4C4CCCCN4)C3)cc2c1. The molecule has 4 heterocycles. The minimum absolute atomic E-state index is 0.379. The Balaban J connectivity index is 1.31. The van der Waals surface area contributed by atoms with Crippen LogP contribution in [0.2, 0.25) is 0 Å². The zero-order valence-electron chi connectivity index (χ0n) is 14.9. The van der Waals surface area contributed by atoms with Gasteiger partial charge in [-0.15, -0.1) is 10.2 Å². The van der Waals surface area contributed by atoms with Crippen molar-refractivity contribution in [2.75, 3.05) is 13.1 Å². The van der Waals surface area contributed by atoms with Crippen molar-refractivity contribution in [1.29, 1.82) is 0 Å². The first kappa shape index (κ1) is 15.9. The van der Waals surface area contributed by atoms with Gasteiger partial charge in [-0.1, -0.05) is 18.6 Å². The van der Waals surface area contributed by atoms with Gasteiger partial charge >= 0.3 is 0 Å². The molecule has 6 heteroatoms. The summed E-state index contributed by atoms with van der Waals surface area (Å²) in [6.07, 6.45) is 5.57. The Bertz CT molecular complexity index is 912. The normalized spacial score (nSPS) is 21.0. The van der Waals surface area contributed by atoms with Crippen LogP contribution in [0.5, 0.6) is 0 Å². The fraction of sp³-hybridized carbons (Fsp3) is 0.450. The van der Waals surface area contributed by atoms with Gasteiger partial charge in [0, 0.05) is 31.2 Å². The summed E-state index contributed by atoms with van der Waals surface area (Å²) in [4.78, 5) is 6.86. The first-order chi connectivity index (χ1) is 12.9. The van der Waals surface area contributed by atoms with E-state index in [9.17, 15) is 0 Å². The van der Waals surface area contributed by atoms with Crippen molar-refractivity contribution >= 4 is 10.9 Å². The minimum atomic E-state index is 0.379. The van der Waals surface area contributed by atoms with E-state index in [2.05, 4.69) is 54.2 Å². The molecule has 0 spiro atoms. The van der Waals surface area contributed by atoms with Crippen LogP contribution in [-0.4, -0.2) is 37.7 Å². The first-order valence-electron chi connectivity index (χ1n) is 9.58. The van der Waals surface area contributed by atoms with Gasteiger partial charge in [0.2, 0.25) is 0 Å². The van der Waals surface area contributed by atoms with Crippen LogP contribution in [0, 0.1) is 0 Å². The summed E-state index contributed by atoms with van der Waals surface area (Å²) >= 11 is 0. The lowest BCUT2D eigenvalue weighted by atomic mass is 10.0. The number of hydrogen-bond donors (Lipinski definition) is 1. The predicted molar refractivity (Wildman–Crippen MR) is 100 cm³/mol. The van der Waals surface area contributed by atoms with Crippen molar-refractivity contribution in [3.05, 3.63) is 53.7 Å². The Labute approximate surface area is 153 Å². The quantitative estimate of drug-likeness (QED) is 0.788. The molecule has 1 atom stereocenters. The van der Waals surface area contributed by atoms with Crippen LogP contribution in [0.3, 0.4) is 0 Å². The second-order valence-electron chi connectivity index (χ2n) is 7.37. The van der Waals surface area contributed by atoms with Gasteiger partial charge < -0.3 is 9.88 Å². The summed E-state index contributed by atoms with van der Waals surface area (Å²) in [6.45, 7) is 4.91. The monoisotopic (exact) mass is 348 g/mol. The highest BCUT2D eigenvalue weighted by atomic mass is 15.3. The Kier molecular flexibility index (Phi) is 4.15. The van der Waals surface area contributed by atoms with E-state index in [4.69, 9.17) is 0 Å². The first-order valence-corrected chi connectivity index (χ1v) is 9.58. The Morgan fingerprint density at radius 2 is 2.12 bits per heavy atom. The van der Waals surface area contributed by atoms with Crippen molar-refractivity contribution in [1.82, 2.24) is 30.0 Å². The van der Waals surface area contributed by atoms with Crippen molar-refractivity contribution in [2.45, 2.75) is 44.9 Å². The largest absolute Gasteiger partial charge is 0.311 e. The van der Waals surface area contributed by atoms with Gasteiger partial charge in [-0.3, -0.25) is 9.88 Å². The molecular weight excluding hydrogens is 324 g/mol. The lowest BCUT2D eigenvalue weighted by molar-refractivity contribution is 0.205. The highest BCUT2D eigenvalue weighted by molar-refractivity contribution is 5.78. The molecule has 26 heavy (non-hydrogen) atoms. The highest BCUT2D eigenvalue weighted by Crippen LogP contribution is 2.25. The molecule has 1 N–H and O–H groups in total. The molecule has 0 aliphatic carbocycles. The van der Waals surface area contributed by atoms with Crippen molar-refractivity contribution in [3.8, 4) is 0 Å². The summed E-state index contributed by atoms with van der Waals surface area (Å²) in [6, 6.07) is 11.1. The third-order valence-electron chi connectivity index (χ3n) is 5.56. The van der Waals surface area contributed by atoms with E-state index in [1.165, 1.54) is 30.2 Å². The number of piperidine rings is 1. The summed E-state index contributed by atoms with van der Waals surface area (Å²) in [5, 5.41) is 13.8. The number of pyridine rings is 1. The summed E-state index contributed by atoms with van der Waals surface area (Å²) in [5.74, 6) is 2.23. The minimum Gasteiger partial charge on any atom is -0.311 e. The zero-order chi connectivity index (χ0) is 17.3. The van der Waals surface area contributed by atoms with Crippen LogP contribution in [-0.2, 0) is 19.6 Å². The van der Waals surface area contributed by atoms with Crippen molar-refractivity contribution in [3.63, 3.8) is 0 Å². The smallest absolute Gasteiger partial charge is 0.150 e. The van der Waals surface area contributed by atoms with E-state index in [0.29, 0.717) is 6.04 Å². The van der Waals surface area contributed by atoms with Gasteiger partial charge in [-0.25, -0.2) is 0 Å². The van der Waals surface area contributed by atoms with Gasteiger partial charge in [0.05, 0.1) is 18.1 Å². The van der Waals surface area contributed by atoms with Crippen molar-refractivity contribution < 1.29 is 0 Å². The molecule has 2 aromatic heterocycles. The molecule has 2 aliphatic rings. The van der Waals surface area contributed by atoms with Crippen LogP contribution in [0.4, 0.5) is 0 Å². The molecule has 1 saturated heterocycles. The maximum Gasteiger partial charge on any atom is 0.150 e. The van der Waals surface area contributed by atoms with E-state index in [1.54, 1.807) is 0 Å². The Morgan fingerprint density at radius 1 is 1.12 bits per heavy atom. The molecule has 0 saturated carbocycles. The molecular formula is C20H24N6. The lowest BCUT2D eigenvalue weighted by Crippen LogP contribution is -2.36. The van der Waals surface area contributed by atoms with E-state index in [0.717, 1.165) is 49.9 Å². The molecule has 6 nitrogen and oxygen atoms in total. The number of nitrogens with zero attached hydrogens (tertiary/aromatic N) is 5. The van der Waals surface area contributed by atoms with Gasteiger partial charge in [0.15, 0.2) is 0 Å². The van der Waals surface area contributed by atoms with Crippen LogP contribution in [0.15, 0.2) is 36.5 Å². The summed E-state index contributed by atoms with van der Waals surface area (Å²) in [7, 11) is 0. The Morgan fingerprint density at radius 3 is 3.04 bits per heavy atom. The predicted octanol–water partition coefficient (Wildman–Crippen LogP) is 2.66. The molecule has 0 radical (unpaired) electrons. The van der Waals surface area contributed by atoms with Crippen LogP contribution >= 0.6 is 0 Å². The van der Waals surface area contributed by atoms with Gasteiger partial charge in [-0.2, -0.15) is 0 Å². The fourth-order valence-electron chi connectivity index (χ4n) is 4.18. The fourth-order valence-corrected chi connectivity index (χ4v) is 4.18. The van der Waals surface area contributed by atoms with E-state index >= 15 is 0 Å². The van der Waals surface area contributed by atoms with Crippen molar-refractivity contribution in [2.24, 2.45) is 0 Å². The van der Waals surface area contributed by atoms with Gasteiger partial charge in [-0.05, 0) is 43.1 Å². The molecule has 0 amide bonds. The van der Waals surface area contributed by atoms with E-state index < -0.39 is 0 Å². The average Bonchev–Trinajstić information content (AvgIpc) is 3.12. The third kappa shape index (κ3) is 2.99. The number of fused-ring (bicyclic) bond motifs is 2. The van der Waals surface area contributed by atoms with Crippen LogP contribution in [0.1, 0.15) is 42.5 Å². The number of benzene rings is 1. The molecule has 2 aliphatic heterocycles. The number of nitrogens with one attached hydrogen (secondary N) is 1. The molecule has 134 valence electrons. The summed E-state index contributed by atoms with van der Waals surface area (Å²) < 4.78 is 2.34. The third-order valence-corrected chi connectivity index (χ3v) is 5.56. The molecule has 3 aromatic rings. The number of aromatic nitrogens is 4. The molecule has 1 unspecified atom stereocenters. The lowest BCUT2D eigenvalue weighted by Gasteiger charge is -2.30. The molecule has 0 bridgehead atoms. The number of rotatable bonds is 3. The maximum atomic E-state index is 4.52. The second-order valence-corrected chi connectivity index (χ2v) is 7.37. The van der Waals surface area contributed by atoms with Gasteiger partial charge in [0.1, 0.15) is 11.6 Å². The average molecular weight is 348 g/mol. The molecule has 1 aromatic carbocycles. The van der Waals surface area contributed by atoms with Crippen LogP contribution < -0.4 is 5.32 Å². The van der Waals surface area contributed by atoms with E-state index in [-0.39, 0.29) is 0 Å². The van der Waals surface area contributed by atoms with Crippen LogP contribution in [0.25, 0.3) is 10.9 Å². The van der Waals surface area contributed by atoms with Gasteiger partial charge in [0.25, 0.3) is 0 Å². The zero-order valence-corrected chi connectivity index (χ0v) is 14.9. The highest BCUT2D eigenvalue weighted by Gasteiger charge is 2.26. The van der Waals surface area contributed by atoms with E-state index in [1.807, 2.05) is 12.3 Å². The summed E-state index contributed by atoms with van der Waals surface area (Å²) in [5.41, 5.74) is 2.38. The standard InChI is InChI=1S/C20H24N6/c1-2-8-22-18(5-1)20-24-23-19-14-25(10-11-26(19)20)13-15-6-7-17-16(12-15)4-3-9-21-17/h3-4,6-7,9,12,18,22H,1-2,5,8,10-11,13-14H2. The maximum absolute atomic E-state index is 4.52. The molecule has 5 rings (SSSR count). The number of hydrogen-bond acceptors (Lipinski definition) is 5. The Hall–Kier alpha value is -2.31.